The molecule has 2 aromatic carbocycles. The average molecular weight is 404 g/mol. The lowest BCUT2D eigenvalue weighted by atomic mass is 10.1. The second-order valence-corrected chi connectivity index (χ2v) is 7.24. The number of benzene rings is 2. The van der Waals surface area contributed by atoms with Crippen LogP contribution in [0.4, 0.5) is 14.5 Å². The zero-order chi connectivity index (χ0) is 20.3. The van der Waals surface area contributed by atoms with E-state index in [2.05, 4.69) is 5.32 Å². The number of carbonyl (C=O) groups is 3. The topological polar surface area (TPSA) is 66.5 Å². The number of hydrogen-bond acceptors (Lipinski definition) is 4. The Kier molecular flexibility index (Phi) is 6.08. The maximum Gasteiger partial charge on any atom is 0.288 e. The smallest absolute Gasteiger partial charge is 0.288 e. The van der Waals surface area contributed by atoms with E-state index >= 15 is 0 Å². The van der Waals surface area contributed by atoms with Gasteiger partial charge in [0.1, 0.15) is 0 Å². The molecule has 1 aliphatic heterocycles. The lowest BCUT2D eigenvalue weighted by molar-refractivity contribution is 0.0652. The van der Waals surface area contributed by atoms with Gasteiger partial charge in [-0.05, 0) is 36.8 Å². The van der Waals surface area contributed by atoms with Crippen molar-refractivity contribution < 1.29 is 23.2 Å². The molecule has 0 bridgehead atoms. The molecule has 0 aromatic heterocycles. The summed E-state index contributed by atoms with van der Waals surface area (Å²) in [6.07, 6.45) is 1.55. The van der Waals surface area contributed by atoms with E-state index in [9.17, 15) is 23.2 Å². The lowest BCUT2D eigenvalue weighted by Gasteiger charge is -2.12. The molecule has 0 fully saturated rings. The third-order valence-corrected chi connectivity index (χ3v) is 5.11. The van der Waals surface area contributed by atoms with Gasteiger partial charge in [0.2, 0.25) is 0 Å². The number of nitrogens with zero attached hydrogens (tertiary/aromatic N) is 1. The van der Waals surface area contributed by atoms with Crippen LogP contribution in [0.1, 0.15) is 50.8 Å². The summed E-state index contributed by atoms with van der Waals surface area (Å²) in [5, 5.41) is 2.59. The SMILES string of the molecule is CCCCN1C(=O)c2ccc(C(=O)Nc3ccccc3SC(F)F)cc2C1=O. The number of halogens is 2. The number of hydrogen-bond donors (Lipinski definition) is 1. The van der Waals surface area contributed by atoms with Crippen LogP contribution in [-0.2, 0) is 0 Å². The van der Waals surface area contributed by atoms with Crippen molar-refractivity contribution >= 4 is 35.2 Å². The van der Waals surface area contributed by atoms with E-state index in [1.165, 1.54) is 35.2 Å². The highest BCUT2D eigenvalue weighted by atomic mass is 32.2. The van der Waals surface area contributed by atoms with E-state index < -0.39 is 17.6 Å². The van der Waals surface area contributed by atoms with Gasteiger partial charge in [-0.25, -0.2) is 0 Å². The molecule has 1 heterocycles. The van der Waals surface area contributed by atoms with Gasteiger partial charge in [0.25, 0.3) is 23.5 Å². The Balaban J connectivity index is 1.82. The Bertz CT molecular complexity index is 933. The predicted octanol–water partition coefficient (Wildman–Crippen LogP) is 4.65. The number of nitrogens with one attached hydrogen (secondary N) is 1. The van der Waals surface area contributed by atoms with E-state index in [-0.39, 0.29) is 33.2 Å². The number of thioether (sulfide) groups is 1. The molecule has 5 nitrogen and oxygen atoms in total. The Morgan fingerprint density at radius 1 is 1.11 bits per heavy atom. The second-order valence-electron chi connectivity index (χ2n) is 6.20. The molecular formula is C20H18F2N2O3S. The van der Waals surface area contributed by atoms with Crippen molar-refractivity contribution in [3.05, 3.63) is 59.2 Å². The predicted molar refractivity (Wildman–Crippen MR) is 103 cm³/mol. The van der Waals surface area contributed by atoms with Crippen LogP contribution in [0.5, 0.6) is 0 Å². The highest BCUT2D eigenvalue weighted by molar-refractivity contribution is 7.99. The average Bonchev–Trinajstić information content (AvgIpc) is 2.91. The van der Waals surface area contributed by atoms with Gasteiger partial charge in [-0.1, -0.05) is 37.2 Å². The van der Waals surface area contributed by atoms with Gasteiger partial charge in [-0.3, -0.25) is 19.3 Å². The molecule has 0 atom stereocenters. The Morgan fingerprint density at radius 2 is 1.82 bits per heavy atom. The van der Waals surface area contributed by atoms with Crippen molar-refractivity contribution in [1.29, 1.82) is 0 Å². The first-order valence-corrected chi connectivity index (χ1v) is 9.65. The minimum absolute atomic E-state index is 0.175. The summed E-state index contributed by atoms with van der Waals surface area (Å²) in [5.74, 6) is -3.94. The fourth-order valence-electron chi connectivity index (χ4n) is 2.91. The molecule has 0 saturated carbocycles. The molecule has 0 aliphatic carbocycles. The van der Waals surface area contributed by atoms with Crippen molar-refractivity contribution in [2.24, 2.45) is 0 Å². The van der Waals surface area contributed by atoms with Crippen LogP contribution in [-0.4, -0.2) is 34.9 Å². The highest BCUT2D eigenvalue weighted by Gasteiger charge is 2.35. The summed E-state index contributed by atoms with van der Waals surface area (Å²) in [4.78, 5) is 38.9. The Morgan fingerprint density at radius 3 is 2.54 bits per heavy atom. The Labute approximate surface area is 165 Å². The van der Waals surface area contributed by atoms with Crippen molar-refractivity contribution in [1.82, 2.24) is 4.90 Å². The summed E-state index contributed by atoms with van der Waals surface area (Å²) >= 11 is 0.337. The third-order valence-electron chi connectivity index (χ3n) is 4.32. The maximum absolute atomic E-state index is 12.7. The Hall–Kier alpha value is -2.74. The van der Waals surface area contributed by atoms with Crippen LogP contribution >= 0.6 is 11.8 Å². The molecular weight excluding hydrogens is 386 g/mol. The van der Waals surface area contributed by atoms with E-state index in [4.69, 9.17) is 0 Å². The summed E-state index contributed by atoms with van der Waals surface area (Å²) in [5.41, 5.74) is 0.884. The van der Waals surface area contributed by atoms with Gasteiger partial charge in [0.15, 0.2) is 0 Å². The summed E-state index contributed by atoms with van der Waals surface area (Å²) in [6.45, 7) is 2.30. The monoisotopic (exact) mass is 404 g/mol. The number of para-hydroxylation sites is 1. The first-order chi connectivity index (χ1) is 13.4. The zero-order valence-electron chi connectivity index (χ0n) is 15.1. The number of fused-ring (bicyclic) bond motifs is 1. The van der Waals surface area contributed by atoms with Crippen LogP contribution in [0, 0.1) is 0 Å². The molecule has 0 spiro atoms. The summed E-state index contributed by atoms with van der Waals surface area (Å²) < 4.78 is 25.4. The van der Waals surface area contributed by atoms with Crippen LogP contribution in [0.2, 0.25) is 0 Å². The van der Waals surface area contributed by atoms with Gasteiger partial charge in [-0.2, -0.15) is 8.78 Å². The fourth-order valence-corrected chi connectivity index (χ4v) is 3.51. The molecule has 1 N–H and O–H groups in total. The van der Waals surface area contributed by atoms with E-state index in [0.29, 0.717) is 24.7 Å². The molecule has 0 saturated heterocycles. The molecule has 3 amide bonds. The van der Waals surface area contributed by atoms with E-state index in [1.807, 2.05) is 6.92 Å². The molecule has 0 unspecified atom stereocenters. The molecule has 1 aliphatic rings. The molecule has 8 heteroatoms. The molecule has 3 rings (SSSR count). The summed E-state index contributed by atoms with van der Waals surface area (Å²) in [6, 6.07) is 10.5. The minimum Gasteiger partial charge on any atom is -0.321 e. The number of anilines is 1. The highest BCUT2D eigenvalue weighted by Crippen LogP contribution is 2.32. The van der Waals surface area contributed by atoms with E-state index in [1.54, 1.807) is 12.1 Å². The number of rotatable bonds is 7. The van der Waals surface area contributed by atoms with Crippen LogP contribution < -0.4 is 5.32 Å². The maximum atomic E-state index is 12.7. The number of carbonyl (C=O) groups excluding carboxylic acids is 3. The summed E-state index contributed by atoms with van der Waals surface area (Å²) in [7, 11) is 0. The quantitative estimate of drug-likeness (QED) is 0.539. The molecule has 28 heavy (non-hydrogen) atoms. The number of alkyl halides is 2. The largest absolute Gasteiger partial charge is 0.321 e. The van der Waals surface area contributed by atoms with E-state index in [0.717, 1.165) is 6.42 Å². The van der Waals surface area contributed by atoms with Gasteiger partial charge < -0.3 is 5.32 Å². The van der Waals surface area contributed by atoms with Gasteiger partial charge in [0.05, 0.1) is 16.8 Å². The lowest BCUT2D eigenvalue weighted by Crippen LogP contribution is -2.30. The van der Waals surface area contributed by atoms with Crippen molar-refractivity contribution in [3.8, 4) is 0 Å². The number of unbranched alkanes of at least 4 members (excludes halogenated alkanes) is 1. The first kappa shape index (κ1) is 20.0. The van der Waals surface area contributed by atoms with Crippen molar-refractivity contribution in [3.63, 3.8) is 0 Å². The first-order valence-electron chi connectivity index (χ1n) is 8.77. The van der Waals surface area contributed by atoms with Crippen LogP contribution in [0.15, 0.2) is 47.4 Å². The number of amides is 3. The van der Waals surface area contributed by atoms with Crippen molar-refractivity contribution in [2.45, 2.75) is 30.4 Å². The second kappa shape index (κ2) is 8.52. The van der Waals surface area contributed by atoms with Gasteiger partial charge in [-0.15, -0.1) is 0 Å². The molecule has 2 aromatic rings. The molecule has 146 valence electrons. The normalized spacial score (nSPS) is 13.2. The van der Waals surface area contributed by atoms with Crippen LogP contribution in [0.3, 0.4) is 0 Å². The third kappa shape index (κ3) is 4.06. The molecule has 0 radical (unpaired) electrons. The standard InChI is InChI=1S/C20H18F2N2O3S/c1-2-3-10-24-18(26)13-9-8-12(11-14(13)19(24)27)17(25)23-15-6-4-5-7-16(15)28-20(21)22/h4-9,11,20H,2-3,10H2,1H3,(H,23,25). The van der Waals surface area contributed by atoms with Crippen LogP contribution in [0.25, 0.3) is 0 Å². The number of imide groups is 1. The fraction of sp³-hybridized carbons (Fsp3) is 0.250. The van der Waals surface area contributed by atoms with Gasteiger partial charge in [0, 0.05) is 17.0 Å². The minimum atomic E-state index is -2.62. The van der Waals surface area contributed by atoms with Crippen molar-refractivity contribution in [2.75, 3.05) is 11.9 Å². The van der Waals surface area contributed by atoms with Gasteiger partial charge >= 0.3 is 0 Å². The zero-order valence-corrected chi connectivity index (χ0v) is 15.9.